The molecule has 0 bridgehead atoms. The predicted octanol–water partition coefficient (Wildman–Crippen LogP) is 5.69. The molecule has 0 fully saturated rings. The summed E-state index contributed by atoms with van der Waals surface area (Å²) in [7, 11) is 0. The molecule has 1 heterocycles. The van der Waals surface area contributed by atoms with E-state index < -0.39 is 0 Å². The van der Waals surface area contributed by atoms with Crippen molar-refractivity contribution in [3.05, 3.63) is 56.5 Å². The number of aliphatic imine (C=N–C) groups is 1. The van der Waals surface area contributed by atoms with Crippen LogP contribution in [-0.4, -0.2) is 16.3 Å². The molecule has 0 radical (unpaired) electrons. The van der Waals surface area contributed by atoms with Crippen molar-refractivity contribution in [2.75, 3.05) is 0 Å². The zero-order valence-corrected chi connectivity index (χ0v) is 13.7. The van der Waals surface area contributed by atoms with Gasteiger partial charge in [-0.15, -0.1) is 0 Å². The van der Waals surface area contributed by atoms with Crippen molar-refractivity contribution < 1.29 is 5.11 Å². The molecule has 0 amide bonds. The number of H-pyrrole nitrogens is 1. The lowest BCUT2D eigenvalue weighted by atomic mass is 10.2. The molecule has 2 N–H and O–H groups in total. The normalized spacial score (nSPS) is 11.6. The Morgan fingerprint density at radius 1 is 1.14 bits per heavy atom. The van der Waals surface area contributed by atoms with Crippen LogP contribution in [0.3, 0.4) is 0 Å². The fourth-order valence-electron chi connectivity index (χ4n) is 2.02. The van der Waals surface area contributed by atoms with Gasteiger partial charge in [-0.25, -0.2) is 0 Å². The molecule has 1 aromatic heterocycles. The third-order valence-corrected chi connectivity index (χ3v) is 4.05. The van der Waals surface area contributed by atoms with Crippen LogP contribution < -0.4 is 0 Å². The van der Waals surface area contributed by atoms with Gasteiger partial charge in [-0.2, -0.15) is 0 Å². The van der Waals surface area contributed by atoms with E-state index in [0.717, 1.165) is 15.4 Å². The summed E-state index contributed by atoms with van der Waals surface area (Å²) in [4.78, 5) is 7.22. The van der Waals surface area contributed by atoms with Gasteiger partial charge >= 0.3 is 0 Å². The molecule has 0 spiro atoms. The fraction of sp³-hybridized carbons (Fsp3) is 0. The second-order valence-electron chi connectivity index (χ2n) is 4.43. The number of halogens is 3. The molecule has 3 rings (SSSR count). The molecule has 0 aliphatic carbocycles. The highest BCUT2D eigenvalue weighted by Gasteiger charge is 2.09. The van der Waals surface area contributed by atoms with Gasteiger partial charge in [0, 0.05) is 26.6 Å². The van der Waals surface area contributed by atoms with E-state index in [2.05, 4.69) is 25.9 Å². The monoisotopic (exact) mass is 382 g/mol. The Kier molecular flexibility index (Phi) is 3.93. The molecule has 106 valence electrons. The molecule has 3 aromatic rings. The summed E-state index contributed by atoms with van der Waals surface area (Å²) in [5.74, 6) is 0.0666. The van der Waals surface area contributed by atoms with Crippen LogP contribution in [0.15, 0.2) is 45.9 Å². The Morgan fingerprint density at radius 3 is 2.71 bits per heavy atom. The number of aromatic amines is 1. The summed E-state index contributed by atoms with van der Waals surface area (Å²) < 4.78 is 0.924. The Bertz CT molecular complexity index is 858. The summed E-state index contributed by atoms with van der Waals surface area (Å²) in [6.45, 7) is 0. The Balaban J connectivity index is 2.06. The van der Waals surface area contributed by atoms with E-state index in [1.165, 1.54) is 0 Å². The number of fused-ring (bicyclic) bond motifs is 1. The van der Waals surface area contributed by atoms with Gasteiger partial charge in [0.2, 0.25) is 0 Å². The van der Waals surface area contributed by atoms with Gasteiger partial charge < -0.3 is 10.1 Å². The maximum Gasteiger partial charge on any atom is 0.198 e. The number of hydrogen-bond acceptors (Lipinski definition) is 2. The van der Waals surface area contributed by atoms with Crippen LogP contribution in [0.2, 0.25) is 10.0 Å². The maximum absolute atomic E-state index is 10.0. The van der Waals surface area contributed by atoms with E-state index in [4.69, 9.17) is 23.2 Å². The Labute approximate surface area is 139 Å². The smallest absolute Gasteiger partial charge is 0.198 e. The van der Waals surface area contributed by atoms with Crippen molar-refractivity contribution in [1.82, 2.24) is 4.98 Å². The average molecular weight is 384 g/mol. The summed E-state index contributed by atoms with van der Waals surface area (Å²) in [5, 5.41) is 11.9. The molecule has 0 aliphatic heterocycles. The molecular formula is C15H9BrCl2N2O. The molecule has 3 nitrogen and oxygen atoms in total. The largest absolute Gasteiger partial charge is 0.494 e. The minimum Gasteiger partial charge on any atom is -0.494 e. The summed E-state index contributed by atoms with van der Waals surface area (Å²) in [5.41, 5.74) is 2.03. The van der Waals surface area contributed by atoms with E-state index in [-0.39, 0.29) is 5.88 Å². The lowest BCUT2D eigenvalue weighted by molar-refractivity contribution is 0.457. The molecule has 0 saturated heterocycles. The van der Waals surface area contributed by atoms with Gasteiger partial charge in [0.15, 0.2) is 5.88 Å². The zero-order valence-electron chi connectivity index (χ0n) is 10.6. The highest BCUT2D eigenvalue weighted by Crippen LogP contribution is 2.31. The van der Waals surface area contributed by atoms with Crippen LogP contribution in [0.5, 0.6) is 5.88 Å². The maximum atomic E-state index is 10.0. The number of rotatable bonds is 2. The van der Waals surface area contributed by atoms with Gasteiger partial charge in [-0.3, -0.25) is 4.99 Å². The van der Waals surface area contributed by atoms with Crippen LogP contribution >= 0.6 is 39.1 Å². The van der Waals surface area contributed by atoms with Crippen molar-refractivity contribution in [3.8, 4) is 5.88 Å². The molecule has 2 aromatic carbocycles. The molecule has 6 heteroatoms. The second-order valence-corrected chi connectivity index (χ2v) is 6.19. The van der Waals surface area contributed by atoms with E-state index in [1.54, 1.807) is 24.4 Å². The van der Waals surface area contributed by atoms with Crippen molar-refractivity contribution in [2.45, 2.75) is 0 Å². The van der Waals surface area contributed by atoms with Crippen molar-refractivity contribution in [1.29, 1.82) is 0 Å². The Hall–Kier alpha value is -1.49. The van der Waals surface area contributed by atoms with E-state index in [1.807, 2.05) is 18.2 Å². The number of benzene rings is 2. The summed E-state index contributed by atoms with van der Waals surface area (Å²) >= 11 is 15.3. The quantitative estimate of drug-likeness (QED) is 0.548. The summed E-state index contributed by atoms with van der Waals surface area (Å²) in [6.07, 6.45) is 1.58. The van der Waals surface area contributed by atoms with Crippen LogP contribution in [0, 0.1) is 0 Å². The molecule has 21 heavy (non-hydrogen) atoms. The number of hydrogen-bond donors (Lipinski definition) is 2. The number of aromatic hydroxyl groups is 1. The second kappa shape index (κ2) is 5.72. The third-order valence-electron chi connectivity index (χ3n) is 3.02. The number of aromatic nitrogens is 1. The lowest BCUT2D eigenvalue weighted by Gasteiger charge is -1.98. The molecule has 0 unspecified atom stereocenters. The summed E-state index contributed by atoms with van der Waals surface area (Å²) in [6, 6.07) is 10.8. The SMILES string of the molecule is Oc1[nH]c2ccc(Br)cc2c1C=Nc1ccc(Cl)cc1Cl. The predicted molar refractivity (Wildman–Crippen MR) is 91.4 cm³/mol. The first-order valence-electron chi connectivity index (χ1n) is 6.04. The van der Waals surface area contributed by atoms with Gasteiger partial charge in [0.25, 0.3) is 0 Å². The highest BCUT2D eigenvalue weighted by molar-refractivity contribution is 9.10. The minimum atomic E-state index is 0.0666. The standard InChI is InChI=1S/C15H9BrCl2N2O/c16-8-1-3-13-10(5-8)11(15(21)20-13)7-19-14-4-2-9(17)6-12(14)18/h1-7,20-21H. The number of nitrogens with one attached hydrogen (secondary N) is 1. The first kappa shape index (κ1) is 14.4. The molecular weight excluding hydrogens is 375 g/mol. The minimum absolute atomic E-state index is 0.0666. The van der Waals surface area contributed by atoms with E-state index in [9.17, 15) is 5.11 Å². The van der Waals surface area contributed by atoms with Crippen LogP contribution in [0.25, 0.3) is 10.9 Å². The highest BCUT2D eigenvalue weighted by atomic mass is 79.9. The van der Waals surface area contributed by atoms with E-state index in [0.29, 0.717) is 21.3 Å². The third kappa shape index (κ3) is 2.93. The molecule has 0 saturated carbocycles. The molecule has 0 aliphatic rings. The van der Waals surface area contributed by atoms with Gasteiger partial charge in [-0.1, -0.05) is 39.1 Å². The van der Waals surface area contributed by atoms with Crippen LogP contribution in [0.1, 0.15) is 5.56 Å². The van der Waals surface area contributed by atoms with Gasteiger partial charge in [-0.05, 0) is 36.4 Å². The molecule has 0 atom stereocenters. The Morgan fingerprint density at radius 2 is 1.95 bits per heavy atom. The van der Waals surface area contributed by atoms with Gasteiger partial charge in [0.05, 0.1) is 16.3 Å². The number of nitrogens with zero attached hydrogens (tertiary/aromatic N) is 1. The zero-order chi connectivity index (χ0) is 15.0. The average Bonchev–Trinajstić information content (AvgIpc) is 2.73. The first-order valence-corrected chi connectivity index (χ1v) is 7.59. The van der Waals surface area contributed by atoms with Crippen LogP contribution in [0.4, 0.5) is 5.69 Å². The van der Waals surface area contributed by atoms with Crippen LogP contribution in [-0.2, 0) is 0 Å². The van der Waals surface area contributed by atoms with Crippen molar-refractivity contribution >= 4 is 61.9 Å². The first-order chi connectivity index (χ1) is 10.0. The van der Waals surface area contributed by atoms with E-state index >= 15 is 0 Å². The van der Waals surface area contributed by atoms with Crippen molar-refractivity contribution in [2.24, 2.45) is 4.99 Å². The lowest BCUT2D eigenvalue weighted by Crippen LogP contribution is -1.80. The topological polar surface area (TPSA) is 48.4 Å². The fourth-order valence-corrected chi connectivity index (χ4v) is 2.84. The van der Waals surface area contributed by atoms with Gasteiger partial charge in [0.1, 0.15) is 0 Å². The van der Waals surface area contributed by atoms with Crippen molar-refractivity contribution in [3.63, 3.8) is 0 Å².